The van der Waals surface area contributed by atoms with E-state index >= 15 is 0 Å². The summed E-state index contributed by atoms with van der Waals surface area (Å²) in [6, 6.07) is 7.15. The first-order valence-electron chi connectivity index (χ1n) is 8.04. The molecule has 124 valence electrons. The maximum atomic E-state index is 12.7. The van der Waals surface area contributed by atoms with Crippen molar-refractivity contribution in [2.75, 3.05) is 19.3 Å². The third-order valence-corrected chi connectivity index (χ3v) is 4.61. The monoisotopic (exact) mass is 323 g/mol. The third-order valence-electron chi connectivity index (χ3n) is 3.67. The van der Waals surface area contributed by atoms with Gasteiger partial charge in [-0.05, 0) is 48.9 Å². The first-order chi connectivity index (χ1) is 10.3. The quantitative estimate of drug-likeness (QED) is 0.726. The van der Waals surface area contributed by atoms with Crippen LogP contribution in [0.2, 0.25) is 0 Å². The zero-order valence-corrected chi connectivity index (χ0v) is 15.3. The number of hydrogen-bond donors (Lipinski definition) is 0. The summed E-state index contributed by atoms with van der Waals surface area (Å²) in [4.78, 5) is 15.4. The highest BCUT2D eigenvalue weighted by atomic mass is 32.2. The summed E-state index contributed by atoms with van der Waals surface area (Å²) >= 11 is 0. The lowest BCUT2D eigenvalue weighted by atomic mass is 10.1. The van der Waals surface area contributed by atoms with Crippen LogP contribution in [-0.2, 0) is 10.8 Å². The molecule has 22 heavy (non-hydrogen) atoms. The predicted molar refractivity (Wildman–Crippen MR) is 93.6 cm³/mol. The molecule has 0 aliphatic rings. The maximum absolute atomic E-state index is 12.7. The molecule has 0 N–H and O–H groups in total. The zero-order chi connectivity index (χ0) is 16.7. The molecule has 1 amide bonds. The van der Waals surface area contributed by atoms with Crippen LogP contribution in [0.3, 0.4) is 0 Å². The van der Waals surface area contributed by atoms with Gasteiger partial charge < -0.3 is 4.90 Å². The Labute approximate surface area is 137 Å². The van der Waals surface area contributed by atoms with E-state index in [9.17, 15) is 9.00 Å². The first kappa shape index (κ1) is 18.9. The van der Waals surface area contributed by atoms with Gasteiger partial charge in [0.1, 0.15) is 0 Å². The molecule has 0 aromatic heterocycles. The predicted octanol–water partition coefficient (Wildman–Crippen LogP) is 3.96. The number of amides is 1. The van der Waals surface area contributed by atoms with E-state index < -0.39 is 10.8 Å². The first-order valence-corrected chi connectivity index (χ1v) is 9.59. The van der Waals surface area contributed by atoms with E-state index in [0.29, 0.717) is 17.4 Å². The van der Waals surface area contributed by atoms with Gasteiger partial charge >= 0.3 is 0 Å². The second-order valence-corrected chi connectivity index (χ2v) is 8.02. The molecule has 3 nitrogen and oxygen atoms in total. The molecular weight excluding hydrogens is 294 g/mol. The fourth-order valence-corrected chi connectivity index (χ4v) is 2.63. The van der Waals surface area contributed by atoms with Gasteiger partial charge in [-0.3, -0.25) is 9.00 Å². The van der Waals surface area contributed by atoms with E-state index in [0.717, 1.165) is 30.8 Å². The summed E-state index contributed by atoms with van der Waals surface area (Å²) in [7, 11) is -1.01. The Kier molecular flexibility index (Phi) is 7.80. The Balaban J connectivity index is 2.82. The molecule has 1 atom stereocenters. The van der Waals surface area contributed by atoms with Crippen molar-refractivity contribution in [1.82, 2.24) is 4.90 Å². The highest BCUT2D eigenvalue weighted by molar-refractivity contribution is 7.84. The van der Waals surface area contributed by atoms with E-state index in [-0.39, 0.29) is 5.91 Å². The Morgan fingerprint density at radius 3 is 1.82 bits per heavy atom. The summed E-state index contributed by atoms with van der Waals surface area (Å²) in [5, 5.41) is 0. The van der Waals surface area contributed by atoms with Gasteiger partial charge in [0.2, 0.25) is 0 Å². The van der Waals surface area contributed by atoms with Crippen LogP contribution in [0.15, 0.2) is 29.2 Å². The molecule has 4 heteroatoms. The van der Waals surface area contributed by atoms with Crippen molar-refractivity contribution in [1.29, 1.82) is 0 Å². The highest BCUT2D eigenvalue weighted by Gasteiger charge is 2.16. The average molecular weight is 324 g/mol. The molecule has 1 aromatic carbocycles. The topological polar surface area (TPSA) is 37.4 Å². The minimum atomic E-state index is -1.01. The molecule has 0 heterocycles. The standard InChI is InChI=1S/C18H29NO2S/c1-14(2)10-12-19(13-11-15(3)4)18(20)16-6-8-17(9-7-16)22(5)21/h6-9,14-15H,10-13H2,1-5H3. The van der Waals surface area contributed by atoms with Crippen LogP contribution >= 0.6 is 0 Å². The maximum Gasteiger partial charge on any atom is 0.253 e. The molecule has 0 aliphatic heterocycles. The Morgan fingerprint density at radius 2 is 1.45 bits per heavy atom. The largest absolute Gasteiger partial charge is 0.339 e. The second kappa shape index (κ2) is 9.09. The summed E-state index contributed by atoms with van der Waals surface area (Å²) in [5.74, 6) is 1.24. The lowest BCUT2D eigenvalue weighted by molar-refractivity contribution is 0.0740. The zero-order valence-electron chi connectivity index (χ0n) is 14.5. The molecule has 1 aromatic rings. The van der Waals surface area contributed by atoms with Gasteiger partial charge in [0.15, 0.2) is 0 Å². The van der Waals surface area contributed by atoms with E-state index in [4.69, 9.17) is 0 Å². The van der Waals surface area contributed by atoms with E-state index in [1.54, 1.807) is 30.5 Å². The number of rotatable bonds is 8. The highest BCUT2D eigenvalue weighted by Crippen LogP contribution is 2.13. The number of carbonyl (C=O) groups excluding carboxylic acids is 1. The van der Waals surface area contributed by atoms with Crippen molar-refractivity contribution in [3.05, 3.63) is 29.8 Å². The fourth-order valence-electron chi connectivity index (χ4n) is 2.11. The SMILES string of the molecule is CC(C)CCN(CCC(C)C)C(=O)c1ccc(S(C)=O)cc1. The van der Waals surface area contributed by atoms with Gasteiger partial charge in [-0.1, -0.05) is 27.7 Å². The lowest BCUT2D eigenvalue weighted by Crippen LogP contribution is -2.34. The van der Waals surface area contributed by atoms with E-state index in [2.05, 4.69) is 27.7 Å². The molecule has 0 aliphatic carbocycles. The molecule has 0 fully saturated rings. The number of carbonyl (C=O) groups is 1. The average Bonchev–Trinajstić information content (AvgIpc) is 2.46. The van der Waals surface area contributed by atoms with Gasteiger partial charge in [-0.15, -0.1) is 0 Å². The van der Waals surface area contributed by atoms with Crippen molar-refractivity contribution in [2.45, 2.75) is 45.4 Å². The van der Waals surface area contributed by atoms with Gasteiger partial charge in [0.25, 0.3) is 5.91 Å². The fraction of sp³-hybridized carbons (Fsp3) is 0.611. The van der Waals surface area contributed by atoms with Crippen LogP contribution in [0.5, 0.6) is 0 Å². The third kappa shape index (κ3) is 6.30. The minimum Gasteiger partial charge on any atom is -0.339 e. The Hall–Kier alpha value is -1.16. The lowest BCUT2D eigenvalue weighted by Gasteiger charge is -2.24. The van der Waals surface area contributed by atoms with Crippen LogP contribution in [-0.4, -0.2) is 34.4 Å². The summed E-state index contributed by atoms with van der Waals surface area (Å²) in [5.41, 5.74) is 0.682. The van der Waals surface area contributed by atoms with Crippen molar-refractivity contribution in [3.8, 4) is 0 Å². The molecule has 1 rings (SSSR count). The van der Waals surface area contributed by atoms with Crippen LogP contribution in [0.25, 0.3) is 0 Å². The molecule has 0 bridgehead atoms. The molecule has 0 radical (unpaired) electrons. The summed E-state index contributed by atoms with van der Waals surface area (Å²) in [6.45, 7) is 10.3. The van der Waals surface area contributed by atoms with Gasteiger partial charge in [0.05, 0.1) is 0 Å². The normalized spacial score (nSPS) is 12.7. The Morgan fingerprint density at radius 1 is 1.00 bits per heavy atom. The van der Waals surface area contributed by atoms with Crippen LogP contribution in [0.1, 0.15) is 50.9 Å². The van der Waals surface area contributed by atoms with Crippen molar-refractivity contribution >= 4 is 16.7 Å². The van der Waals surface area contributed by atoms with Gasteiger partial charge in [-0.25, -0.2) is 0 Å². The molecule has 0 spiro atoms. The van der Waals surface area contributed by atoms with Crippen molar-refractivity contribution in [3.63, 3.8) is 0 Å². The van der Waals surface area contributed by atoms with Gasteiger partial charge in [-0.2, -0.15) is 0 Å². The second-order valence-electron chi connectivity index (χ2n) is 6.64. The minimum absolute atomic E-state index is 0.0785. The molecule has 1 unspecified atom stereocenters. The summed E-state index contributed by atoms with van der Waals surface area (Å²) < 4.78 is 11.4. The summed E-state index contributed by atoms with van der Waals surface area (Å²) in [6.07, 6.45) is 3.68. The van der Waals surface area contributed by atoms with E-state index in [1.165, 1.54) is 0 Å². The molecule has 0 saturated heterocycles. The van der Waals surface area contributed by atoms with Crippen molar-refractivity contribution < 1.29 is 9.00 Å². The number of hydrogen-bond acceptors (Lipinski definition) is 2. The Bertz CT molecular complexity index is 482. The van der Waals surface area contributed by atoms with Crippen molar-refractivity contribution in [2.24, 2.45) is 11.8 Å². The number of nitrogens with zero attached hydrogens (tertiary/aromatic N) is 1. The van der Waals surface area contributed by atoms with Crippen LogP contribution in [0.4, 0.5) is 0 Å². The smallest absolute Gasteiger partial charge is 0.253 e. The molecular formula is C18H29NO2S. The number of benzene rings is 1. The van der Waals surface area contributed by atoms with Crippen LogP contribution in [0, 0.1) is 11.8 Å². The van der Waals surface area contributed by atoms with Gasteiger partial charge in [0, 0.05) is 40.6 Å². The molecule has 0 saturated carbocycles. The van der Waals surface area contributed by atoms with Crippen LogP contribution < -0.4 is 0 Å². The van der Waals surface area contributed by atoms with E-state index in [1.807, 2.05) is 4.90 Å².